The summed E-state index contributed by atoms with van der Waals surface area (Å²) in [5, 5.41) is 2.23. The smallest absolute Gasteiger partial charge is 0.341 e. The van der Waals surface area contributed by atoms with Crippen molar-refractivity contribution in [2.75, 3.05) is 6.54 Å². The van der Waals surface area contributed by atoms with Crippen LogP contribution in [-0.4, -0.2) is 17.4 Å². The first-order valence-corrected chi connectivity index (χ1v) is 5.14. The molecule has 7 heteroatoms. The number of pyridine rings is 1. The maximum atomic E-state index is 12.6. The first kappa shape index (κ1) is 13.5. The van der Waals surface area contributed by atoms with E-state index in [0.29, 0.717) is 0 Å². The third-order valence-corrected chi connectivity index (χ3v) is 2.06. The standard InChI is InChI=1S/C10H6BrF3N2O/c11-3-1-4-16-9(17)7-6-15-5-2-8(7)10(12,13)14/h2,5-6H,4H2,(H,16,17). The van der Waals surface area contributed by atoms with E-state index in [0.717, 1.165) is 18.5 Å². The van der Waals surface area contributed by atoms with Gasteiger partial charge < -0.3 is 5.32 Å². The molecule has 0 saturated heterocycles. The minimum Gasteiger partial charge on any atom is -0.341 e. The normalized spacial score (nSPS) is 10.4. The Morgan fingerprint density at radius 1 is 1.53 bits per heavy atom. The third-order valence-electron chi connectivity index (χ3n) is 1.78. The molecule has 1 heterocycles. The Hall–Kier alpha value is -1.55. The molecule has 90 valence electrons. The molecule has 0 atom stereocenters. The lowest BCUT2D eigenvalue weighted by Crippen LogP contribution is -2.26. The molecule has 1 rings (SSSR count). The molecular weight excluding hydrogens is 301 g/mol. The van der Waals surface area contributed by atoms with Crippen LogP contribution in [0.4, 0.5) is 13.2 Å². The summed E-state index contributed by atoms with van der Waals surface area (Å²) in [4.78, 5) is 17.3. The summed E-state index contributed by atoms with van der Waals surface area (Å²) in [6.07, 6.45) is -2.73. The fourth-order valence-electron chi connectivity index (χ4n) is 1.08. The Balaban J connectivity index is 2.96. The second-order valence-corrected chi connectivity index (χ2v) is 3.27. The highest BCUT2D eigenvalue weighted by atomic mass is 79.9. The summed E-state index contributed by atoms with van der Waals surface area (Å²) >= 11 is 2.80. The van der Waals surface area contributed by atoms with Gasteiger partial charge >= 0.3 is 6.18 Å². The molecule has 0 bridgehead atoms. The van der Waals surface area contributed by atoms with E-state index in [1.54, 1.807) is 0 Å². The Morgan fingerprint density at radius 3 is 2.82 bits per heavy atom. The van der Waals surface area contributed by atoms with Crippen molar-refractivity contribution in [3.8, 4) is 10.8 Å². The highest BCUT2D eigenvalue weighted by molar-refractivity contribution is 9.12. The summed E-state index contributed by atoms with van der Waals surface area (Å²) < 4.78 is 37.7. The van der Waals surface area contributed by atoms with Gasteiger partial charge in [0.15, 0.2) is 0 Å². The minimum absolute atomic E-state index is 0.0454. The monoisotopic (exact) mass is 306 g/mol. The number of carbonyl (C=O) groups excluding carboxylic acids is 1. The molecule has 0 aliphatic rings. The van der Waals surface area contributed by atoms with E-state index in [4.69, 9.17) is 0 Å². The average Bonchev–Trinajstić information content (AvgIpc) is 2.28. The highest BCUT2D eigenvalue weighted by Crippen LogP contribution is 2.31. The second-order valence-electron chi connectivity index (χ2n) is 2.87. The topological polar surface area (TPSA) is 42.0 Å². The van der Waals surface area contributed by atoms with Crippen LogP contribution in [0.1, 0.15) is 15.9 Å². The highest BCUT2D eigenvalue weighted by Gasteiger charge is 2.35. The van der Waals surface area contributed by atoms with E-state index in [1.807, 2.05) is 0 Å². The van der Waals surface area contributed by atoms with Gasteiger partial charge in [0.25, 0.3) is 5.91 Å². The van der Waals surface area contributed by atoms with E-state index in [9.17, 15) is 18.0 Å². The van der Waals surface area contributed by atoms with Crippen LogP contribution in [0.2, 0.25) is 0 Å². The van der Waals surface area contributed by atoms with Crippen LogP contribution in [0.25, 0.3) is 0 Å². The Labute approximate surface area is 104 Å². The van der Waals surface area contributed by atoms with Gasteiger partial charge in [-0.05, 0) is 10.9 Å². The number of hydrogen-bond acceptors (Lipinski definition) is 2. The second kappa shape index (κ2) is 5.68. The number of rotatable bonds is 2. The number of hydrogen-bond donors (Lipinski definition) is 1. The van der Waals surface area contributed by atoms with Gasteiger partial charge in [0.05, 0.1) is 17.7 Å². The lowest BCUT2D eigenvalue weighted by atomic mass is 10.1. The van der Waals surface area contributed by atoms with Crippen molar-refractivity contribution >= 4 is 21.8 Å². The molecule has 17 heavy (non-hydrogen) atoms. The van der Waals surface area contributed by atoms with Crippen LogP contribution in [-0.2, 0) is 6.18 Å². The van der Waals surface area contributed by atoms with Gasteiger partial charge in [0.1, 0.15) is 0 Å². The van der Waals surface area contributed by atoms with Gasteiger partial charge in [-0.25, -0.2) is 0 Å². The molecule has 1 amide bonds. The summed E-state index contributed by atoms with van der Waals surface area (Å²) in [7, 11) is 0. The predicted molar refractivity (Wildman–Crippen MR) is 58.3 cm³/mol. The van der Waals surface area contributed by atoms with Gasteiger partial charge in [0, 0.05) is 28.3 Å². The van der Waals surface area contributed by atoms with Crippen LogP contribution >= 0.6 is 15.9 Å². The van der Waals surface area contributed by atoms with E-state index >= 15 is 0 Å². The zero-order chi connectivity index (χ0) is 12.9. The lowest BCUT2D eigenvalue weighted by molar-refractivity contribution is -0.138. The van der Waals surface area contributed by atoms with Gasteiger partial charge in [0.2, 0.25) is 0 Å². The number of nitrogens with zero attached hydrogens (tertiary/aromatic N) is 1. The third kappa shape index (κ3) is 3.75. The first-order chi connectivity index (χ1) is 7.96. The number of carbonyl (C=O) groups is 1. The van der Waals surface area contributed by atoms with Gasteiger partial charge in [-0.15, -0.1) is 0 Å². The van der Waals surface area contributed by atoms with Crippen molar-refractivity contribution < 1.29 is 18.0 Å². The van der Waals surface area contributed by atoms with E-state index in [2.05, 4.69) is 37.0 Å². The molecule has 0 aliphatic heterocycles. The molecule has 1 aromatic heterocycles. The van der Waals surface area contributed by atoms with Crippen molar-refractivity contribution in [3.63, 3.8) is 0 Å². The van der Waals surface area contributed by atoms with Crippen molar-refractivity contribution in [2.45, 2.75) is 6.18 Å². The lowest BCUT2D eigenvalue weighted by Gasteiger charge is -2.10. The maximum absolute atomic E-state index is 12.6. The SMILES string of the molecule is O=C(NCC#CBr)c1cnccc1C(F)(F)F. The summed E-state index contributed by atoms with van der Waals surface area (Å²) in [5.41, 5.74) is -1.53. The Bertz CT molecular complexity index is 476. The Morgan fingerprint density at radius 2 is 2.24 bits per heavy atom. The molecule has 0 radical (unpaired) electrons. The van der Waals surface area contributed by atoms with Crippen molar-refractivity contribution in [3.05, 3.63) is 29.6 Å². The number of nitrogens with one attached hydrogen (secondary N) is 1. The molecule has 0 aromatic carbocycles. The minimum atomic E-state index is -4.59. The molecule has 1 aromatic rings. The maximum Gasteiger partial charge on any atom is 0.417 e. The molecule has 3 nitrogen and oxygen atoms in total. The van der Waals surface area contributed by atoms with Gasteiger partial charge in [-0.1, -0.05) is 5.92 Å². The molecule has 0 aliphatic carbocycles. The van der Waals surface area contributed by atoms with Crippen molar-refractivity contribution in [2.24, 2.45) is 0 Å². The average molecular weight is 307 g/mol. The fraction of sp³-hybridized carbons (Fsp3) is 0.200. The van der Waals surface area contributed by atoms with E-state index < -0.39 is 23.2 Å². The zero-order valence-corrected chi connectivity index (χ0v) is 9.89. The summed E-state index contributed by atoms with van der Waals surface area (Å²) in [6, 6.07) is 0.755. The van der Waals surface area contributed by atoms with E-state index in [1.165, 1.54) is 0 Å². The summed E-state index contributed by atoms with van der Waals surface area (Å²) in [5.74, 6) is 1.58. The molecule has 0 saturated carbocycles. The predicted octanol–water partition coefficient (Wildman–Crippen LogP) is 2.19. The van der Waals surface area contributed by atoms with Crippen molar-refractivity contribution in [1.82, 2.24) is 10.3 Å². The van der Waals surface area contributed by atoms with Crippen LogP contribution in [0.5, 0.6) is 0 Å². The largest absolute Gasteiger partial charge is 0.417 e. The van der Waals surface area contributed by atoms with Crippen LogP contribution in [0.15, 0.2) is 18.5 Å². The zero-order valence-electron chi connectivity index (χ0n) is 8.31. The molecule has 0 unspecified atom stereocenters. The van der Waals surface area contributed by atoms with Crippen LogP contribution in [0.3, 0.4) is 0 Å². The van der Waals surface area contributed by atoms with Crippen LogP contribution in [0, 0.1) is 10.8 Å². The fourth-order valence-corrected chi connectivity index (χ4v) is 1.22. The van der Waals surface area contributed by atoms with E-state index in [-0.39, 0.29) is 6.54 Å². The van der Waals surface area contributed by atoms with Crippen molar-refractivity contribution in [1.29, 1.82) is 0 Å². The quantitative estimate of drug-likeness (QED) is 0.851. The van der Waals surface area contributed by atoms with Gasteiger partial charge in [-0.3, -0.25) is 9.78 Å². The molecular formula is C10H6BrF3N2O. The van der Waals surface area contributed by atoms with Crippen LogP contribution < -0.4 is 5.32 Å². The first-order valence-electron chi connectivity index (χ1n) is 4.34. The number of alkyl halides is 3. The number of aromatic nitrogens is 1. The number of amides is 1. The molecule has 0 fully saturated rings. The molecule has 0 spiro atoms. The number of halogens is 4. The van der Waals surface area contributed by atoms with Gasteiger partial charge in [-0.2, -0.15) is 13.2 Å². The molecule has 1 N–H and O–H groups in total. The Kier molecular flexibility index (Phi) is 4.52. The summed E-state index contributed by atoms with van der Waals surface area (Å²) in [6.45, 7) is -0.0454.